The van der Waals surface area contributed by atoms with Crippen LogP contribution in [0.25, 0.3) is 0 Å². The predicted octanol–water partition coefficient (Wildman–Crippen LogP) is 4.33. The molecule has 0 atom stereocenters. The van der Waals surface area contributed by atoms with E-state index in [1.54, 1.807) is 6.07 Å². The quantitative estimate of drug-likeness (QED) is 0.776. The molecular weight excluding hydrogens is 290 g/mol. The summed E-state index contributed by atoms with van der Waals surface area (Å²) in [5.41, 5.74) is 0.644. The molecule has 0 unspecified atom stereocenters. The number of carbonyl (C=O) groups is 1. The minimum Gasteiger partial charge on any atom is -0.490 e. The van der Waals surface area contributed by atoms with Crippen LogP contribution in [0, 0.1) is 0 Å². The molecule has 1 aliphatic rings. The molecule has 0 aliphatic heterocycles. The fourth-order valence-corrected chi connectivity index (χ4v) is 2.82. The first kappa shape index (κ1) is 17.6. The van der Waals surface area contributed by atoms with Crippen LogP contribution in [-0.2, 0) is 0 Å². The summed E-state index contributed by atoms with van der Waals surface area (Å²) in [5, 5.41) is 3.15. The topological polar surface area (TPSA) is 47.6 Å². The molecule has 2 rings (SSSR count). The molecular formula is C19H29NO3. The van der Waals surface area contributed by atoms with Gasteiger partial charge in [-0.2, -0.15) is 0 Å². The number of ether oxygens (including phenoxy) is 2. The van der Waals surface area contributed by atoms with E-state index in [9.17, 15) is 4.79 Å². The standard InChI is InChI=1S/C19H29NO3/c1-3-12-22-17-11-10-15(14-18(17)23-13-4-2)19(21)20-16-8-6-5-7-9-16/h10-11,14,16H,3-9,12-13H2,1-2H3,(H,20,21). The third kappa shape index (κ3) is 5.45. The normalized spacial score (nSPS) is 15.2. The van der Waals surface area contributed by atoms with Crippen LogP contribution in [0.2, 0.25) is 0 Å². The number of rotatable bonds is 8. The minimum atomic E-state index is -0.0136. The van der Waals surface area contributed by atoms with Crippen LogP contribution in [0.5, 0.6) is 11.5 Å². The number of nitrogens with one attached hydrogen (secondary N) is 1. The Morgan fingerprint density at radius 3 is 2.35 bits per heavy atom. The number of hydrogen-bond acceptors (Lipinski definition) is 3. The predicted molar refractivity (Wildman–Crippen MR) is 92.4 cm³/mol. The molecule has 1 amide bonds. The van der Waals surface area contributed by atoms with Gasteiger partial charge < -0.3 is 14.8 Å². The van der Waals surface area contributed by atoms with E-state index in [1.165, 1.54) is 19.3 Å². The van der Waals surface area contributed by atoms with Gasteiger partial charge in [0.15, 0.2) is 11.5 Å². The van der Waals surface area contributed by atoms with Gasteiger partial charge in [-0.05, 0) is 43.9 Å². The van der Waals surface area contributed by atoms with Crippen LogP contribution in [0.15, 0.2) is 18.2 Å². The average Bonchev–Trinajstić information content (AvgIpc) is 2.59. The molecule has 1 aromatic carbocycles. The lowest BCUT2D eigenvalue weighted by molar-refractivity contribution is 0.0927. The van der Waals surface area contributed by atoms with E-state index in [4.69, 9.17) is 9.47 Å². The van der Waals surface area contributed by atoms with Gasteiger partial charge in [0.25, 0.3) is 5.91 Å². The van der Waals surface area contributed by atoms with Crippen LogP contribution in [0.3, 0.4) is 0 Å². The van der Waals surface area contributed by atoms with E-state index in [0.29, 0.717) is 30.6 Å². The summed E-state index contributed by atoms with van der Waals surface area (Å²) in [6, 6.07) is 5.78. The number of amides is 1. The largest absolute Gasteiger partial charge is 0.490 e. The van der Waals surface area contributed by atoms with Crippen molar-refractivity contribution in [3.05, 3.63) is 23.8 Å². The highest BCUT2D eigenvalue weighted by atomic mass is 16.5. The zero-order valence-corrected chi connectivity index (χ0v) is 14.4. The smallest absolute Gasteiger partial charge is 0.251 e. The van der Waals surface area contributed by atoms with E-state index in [0.717, 1.165) is 31.4 Å². The van der Waals surface area contributed by atoms with Crippen LogP contribution >= 0.6 is 0 Å². The Morgan fingerprint density at radius 1 is 1.04 bits per heavy atom. The SMILES string of the molecule is CCCOc1ccc(C(=O)NC2CCCCC2)cc1OCCC. The molecule has 1 saturated carbocycles. The molecule has 4 heteroatoms. The summed E-state index contributed by atoms with van der Waals surface area (Å²) < 4.78 is 11.5. The zero-order chi connectivity index (χ0) is 16.5. The third-order valence-corrected chi connectivity index (χ3v) is 4.07. The average molecular weight is 319 g/mol. The van der Waals surface area contributed by atoms with Crippen molar-refractivity contribution >= 4 is 5.91 Å². The fourth-order valence-electron chi connectivity index (χ4n) is 2.82. The van der Waals surface area contributed by atoms with E-state index in [-0.39, 0.29) is 5.91 Å². The second-order valence-electron chi connectivity index (χ2n) is 6.17. The molecule has 0 radical (unpaired) electrons. The number of carbonyl (C=O) groups excluding carboxylic acids is 1. The van der Waals surface area contributed by atoms with Crippen molar-refractivity contribution in [2.24, 2.45) is 0 Å². The van der Waals surface area contributed by atoms with Crippen LogP contribution < -0.4 is 14.8 Å². The maximum atomic E-state index is 12.5. The van der Waals surface area contributed by atoms with E-state index < -0.39 is 0 Å². The second-order valence-corrected chi connectivity index (χ2v) is 6.17. The molecule has 0 spiro atoms. The molecule has 1 aliphatic carbocycles. The molecule has 1 fully saturated rings. The van der Waals surface area contributed by atoms with Crippen molar-refractivity contribution in [1.82, 2.24) is 5.32 Å². The van der Waals surface area contributed by atoms with Gasteiger partial charge in [-0.1, -0.05) is 33.1 Å². The Hall–Kier alpha value is -1.71. The third-order valence-electron chi connectivity index (χ3n) is 4.07. The van der Waals surface area contributed by atoms with Gasteiger partial charge in [0.05, 0.1) is 13.2 Å². The molecule has 4 nitrogen and oxygen atoms in total. The van der Waals surface area contributed by atoms with Gasteiger partial charge in [0, 0.05) is 11.6 Å². The summed E-state index contributed by atoms with van der Waals surface area (Å²) in [5.74, 6) is 1.37. The Morgan fingerprint density at radius 2 is 1.70 bits per heavy atom. The van der Waals surface area contributed by atoms with Crippen molar-refractivity contribution in [2.45, 2.75) is 64.8 Å². The van der Waals surface area contributed by atoms with Crippen molar-refractivity contribution in [1.29, 1.82) is 0 Å². The van der Waals surface area contributed by atoms with Gasteiger partial charge >= 0.3 is 0 Å². The van der Waals surface area contributed by atoms with Gasteiger partial charge in [0.2, 0.25) is 0 Å². The summed E-state index contributed by atoms with van der Waals surface area (Å²) >= 11 is 0. The first-order chi connectivity index (χ1) is 11.2. The first-order valence-electron chi connectivity index (χ1n) is 8.95. The Balaban J connectivity index is 2.06. The Bertz CT molecular complexity index is 495. The molecule has 1 aromatic rings. The van der Waals surface area contributed by atoms with Gasteiger partial charge in [0.1, 0.15) is 0 Å². The van der Waals surface area contributed by atoms with Crippen molar-refractivity contribution in [2.75, 3.05) is 13.2 Å². The van der Waals surface area contributed by atoms with Gasteiger partial charge in [-0.3, -0.25) is 4.79 Å². The molecule has 1 N–H and O–H groups in total. The van der Waals surface area contributed by atoms with E-state index in [2.05, 4.69) is 19.2 Å². The summed E-state index contributed by atoms with van der Waals surface area (Å²) in [6.07, 6.45) is 7.73. The Labute approximate surface area is 139 Å². The minimum absolute atomic E-state index is 0.0136. The van der Waals surface area contributed by atoms with Gasteiger partial charge in [-0.25, -0.2) is 0 Å². The molecule has 0 aromatic heterocycles. The maximum Gasteiger partial charge on any atom is 0.251 e. The van der Waals surface area contributed by atoms with Gasteiger partial charge in [-0.15, -0.1) is 0 Å². The summed E-state index contributed by atoms with van der Waals surface area (Å²) in [7, 11) is 0. The second kappa shape index (κ2) is 9.43. The molecule has 128 valence electrons. The number of benzene rings is 1. The monoisotopic (exact) mass is 319 g/mol. The van der Waals surface area contributed by atoms with Crippen molar-refractivity contribution < 1.29 is 14.3 Å². The lowest BCUT2D eigenvalue weighted by atomic mass is 9.95. The zero-order valence-electron chi connectivity index (χ0n) is 14.4. The Kier molecular flexibility index (Phi) is 7.24. The van der Waals surface area contributed by atoms with Crippen LogP contribution in [0.4, 0.5) is 0 Å². The lowest BCUT2D eigenvalue weighted by Gasteiger charge is -2.23. The lowest BCUT2D eigenvalue weighted by Crippen LogP contribution is -2.36. The highest BCUT2D eigenvalue weighted by molar-refractivity contribution is 5.95. The maximum absolute atomic E-state index is 12.5. The van der Waals surface area contributed by atoms with Crippen LogP contribution in [-0.4, -0.2) is 25.2 Å². The van der Waals surface area contributed by atoms with Crippen molar-refractivity contribution in [3.63, 3.8) is 0 Å². The van der Waals surface area contributed by atoms with Crippen LogP contribution in [0.1, 0.15) is 69.2 Å². The fraction of sp³-hybridized carbons (Fsp3) is 0.632. The molecule has 0 heterocycles. The van der Waals surface area contributed by atoms with Crippen molar-refractivity contribution in [3.8, 4) is 11.5 Å². The molecule has 0 saturated heterocycles. The molecule has 23 heavy (non-hydrogen) atoms. The summed E-state index contributed by atoms with van der Waals surface area (Å²) in [6.45, 7) is 5.40. The van der Waals surface area contributed by atoms with E-state index >= 15 is 0 Å². The first-order valence-corrected chi connectivity index (χ1v) is 8.95. The number of hydrogen-bond donors (Lipinski definition) is 1. The highest BCUT2D eigenvalue weighted by Crippen LogP contribution is 2.29. The molecule has 0 bridgehead atoms. The summed E-state index contributed by atoms with van der Waals surface area (Å²) in [4.78, 5) is 12.5. The highest BCUT2D eigenvalue weighted by Gasteiger charge is 2.18. The van der Waals surface area contributed by atoms with E-state index in [1.807, 2.05) is 12.1 Å².